The minimum atomic E-state index is -0.906. The van der Waals surface area contributed by atoms with Gasteiger partial charge in [-0.15, -0.1) is 0 Å². The average Bonchev–Trinajstić information content (AvgIpc) is 1.81. The van der Waals surface area contributed by atoms with Crippen molar-refractivity contribution in [2.24, 2.45) is 11.8 Å². The fourth-order valence-electron chi connectivity index (χ4n) is 1.03. The van der Waals surface area contributed by atoms with E-state index in [-0.39, 0.29) is 11.8 Å². The molecular weight excluding hydrogens is 128 g/mol. The lowest BCUT2D eigenvalue weighted by Crippen LogP contribution is -2.34. The summed E-state index contributed by atoms with van der Waals surface area (Å²) in [4.78, 5) is 10.4. The molecule has 10 heavy (non-hydrogen) atoms. The number of hydrogen-bond donors (Lipinski definition) is 0. The molecule has 2 heteroatoms. The monoisotopic (exact) mass is 143 g/mol. The molecule has 1 unspecified atom stereocenters. The van der Waals surface area contributed by atoms with Crippen molar-refractivity contribution >= 4 is 5.97 Å². The van der Waals surface area contributed by atoms with Crippen LogP contribution in [0.3, 0.4) is 0 Å². The molecule has 0 heterocycles. The van der Waals surface area contributed by atoms with E-state index in [1.807, 2.05) is 20.8 Å². The van der Waals surface area contributed by atoms with Gasteiger partial charge in [-0.3, -0.25) is 0 Å². The van der Waals surface area contributed by atoms with Gasteiger partial charge >= 0.3 is 0 Å². The predicted molar refractivity (Wildman–Crippen MR) is 38.2 cm³/mol. The van der Waals surface area contributed by atoms with Gasteiger partial charge in [-0.2, -0.15) is 0 Å². The second-order valence-electron chi connectivity index (χ2n) is 2.96. The first kappa shape index (κ1) is 9.47. The Morgan fingerprint density at radius 1 is 1.50 bits per heavy atom. The number of carbonyl (C=O) groups is 1. The fourth-order valence-corrected chi connectivity index (χ4v) is 1.03. The Labute approximate surface area is 62.2 Å². The largest absolute Gasteiger partial charge is 0.550 e. The van der Waals surface area contributed by atoms with Crippen molar-refractivity contribution < 1.29 is 9.90 Å². The minimum Gasteiger partial charge on any atom is -0.550 e. The molecule has 0 bridgehead atoms. The van der Waals surface area contributed by atoms with Crippen LogP contribution in [0.25, 0.3) is 0 Å². The maximum absolute atomic E-state index is 10.4. The quantitative estimate of drug-likeness (QED) is 0.584. The second-order valence-corrected chi connectivity index (χ2v) is 2.96. The summed E-state index contributed by atoms with van der Waals surface area (Å²) in [5.41, 5.74) is 0. The minimum absolute atomic E-state index is 0.199. The van der Waals surface area contributed by atoms with Crippen molar-refractivity contribution in [3.63, 3.8) is 0 Å². The molecule has 60 valence electrons. The average molecular weight is 143 g/mol. The highest BCUT2D eigenvalue weighted by molar-refractivity contribution is 5.67. The van der Waals surface area contributed by atoms with E-state index in [1.54, 1.807) is 0 Å². The summed E-state index contributed by atoms with van der Waals surface area (Å²) in [6.07, 6.45) is 1.65. The lowest BCUT2D eigenvalue weighted by Gasteiger charge is -2.20. The van der Waals surface area contributed by atoms with Crippen molar-refractivity contribution in [3.05, 3.63) is 0 Å². The van der Waals surface area contributed by atoms with Crippen molar-refractivity contribution in [2.75, 3.05) is 0 Å². The highest BCUT2D eigenvalue weighted by Crippen LogP contribution is 2.15. The number of carbonyl (C=O) groups excluding carboxylic acids is 1. The van der Waals surface area contributed by atoms with Crippen LogP contribution in [0.1, 0.15) is 33.6 Å². The first-order valence-electron chi connectivity index (χ1n) is 3.80. The van der Waals surface area contributed by atoms with Gasteiger partial charge in [0.15, 0.2) is 0 Å². The third-order valence-electron chi connectivity index (χ3n) is 1.71. The van der Waals surface area contributed by atoms with Crippen molar-refractivity contribution in [3.8, 4) is 0 Å². The van der Waals surface area contributed by atoms with Crippen molar-refractivity contribution in [1.29, 1.82) is 0 Å². The van der Waals surface area contributed by atoms with Gasteiger partial charge in [0.25, 0.3) is 0 Å². The lowest BCUT2D eigenvalue weighted by atomic mass is 9.92. The smallest absolute Gasteiger partial charge is 0.0447 e. The van der Waals surface area contributed by atoms with Crippen molar-refractivity contribution in [2.45, 2.75) is 33.6 Å². The number of carboxylic acid groups (broad SMARTS) is 1. The van der Waals surface area contributed by atoms with Crippen LogP contribution in [0.2, 0.25) is 0 Å². The van der Waals surface area contributed by atoms with E-state index in [1.165, 1.54) is 0 Å². The van der Waals surface area contributed by atoms with Gasteiger partial charge in [0.2, 0.25) is 0 Å². The van der Waals surface area contributed by atoms with E-state index >= 15 is 0 Å². The predicted octanol–water partition coefficient (Wildman–Crippen LogP) is 0.809. The van der Waals surface area contributed by atoms with E-state index in [0.29, 0.717) is 0 Å². The molecule has 0 saturated heterocycles. The summed E-state index contributed by atoms with van der Waals surface area (Å²) in [6.45, 7) is 5.81. The molecule has 0 aliphatic carbocycles. The summed E-state index contributed by atoms with van der Waals surface area (Å²) < 4.78 is 0. The SMILES string of the molecule is CCCC(C(=O)[O-])C(C)C. The number of hydrogen-bond acceptors (Lipinski definition) is 2. The number of carboxylic acids is 1. The molecule has 1 atom stereocenters. The molecule has 0 amide bonds. The maximum atomic E-state index is 10.4. The Kier molecular flexibility index (Phi) is 4.08. The second kappa shape index (κ2) is 4.31. The maximum Gasteiger partial charge on any atom is 0.0447 e. The van der Waals surface area contributed by atoms with Gasteiger partial charge in [-0.05, 0) is 12.3 Å². The Balaban J connectivity index is 3.85. The van der Waals surface area contributed by atoms with Gasteiger partial charge in [-0.25, -0.2) is 0 Å². The highest BCUT2D eigenvalue weighted by Gasteiger charge is 2.12. The molecular formula is C8H15O2-. The Hall–Kier alpha value is -0.530. The van der Waals surface area contributed by atoms with Gasteiger partial charge in [0.05, 0.1) is 0 Å². The molecule has 0 aromatic carbocycles. The fraction of sp³-hybridized carbons (Fsp3) is 0.875. The van der Waals surface area contributed by atoms with Gasteiger partial charge in [0, 0.05) is 11.9 Å². The Morgan fingerprint density at radius 2 is 2.00 bits per heavy atom. The molecule has 0 saturated carbocycles. The van der Waals surface area contributed by atoms with Crippen LogP contribution in [0.15, 0.2) is 0 Å². The van der Waals surface area contributed by atoms with Crippen LogP contribution in [-0.2, 0) is 4.79 Å². The molecule has 0 radical (unpaired) electrons. The topological polar surface area (TPSA) is 40.1 Å². The van der Waals surface area contributed by atoms with Crippen molar-refractivity contribution in [1.82, 2.24) is 0 Å². The summed E-state index contributed by atoms with van der Waals surface area (Å²) in [7, 11) is 0. The molecule has 0 rings (SSSR count). The molecule has 0 aromatic heterocycles. The van der Waals surface area contributed by atoms with Crippen LogP contribution in [0.4, 0.5) is 0 Å². The molecule has 0 N–H and O–H groups in total. The highest BCUT2D eigenvalue weighted by atomic mass is 16.4. The van der Waals surface area contributed by atoms with E-state index in [2.05, 4.69) is 0 Å². The molecule has 0 aliphatic heterocycles. The van der Waals surface area contributed by atoms with Gasteiger partial charge in [0.1, 0.15) is 0 Å². The van der Waals surface area contributed by atoms with E-state index in [9.17, 15) is 9.90 Å². The van der Waals surface area contributed by atoms with E-state index in [4.69, 9.17) is 0 Å². The third kappa shape index (κ3) is 2.85. The number of aliphatic carboxylic acids is 1. The van der Waals surface area contributed by atoms with Crippen LogP contribution in [0, 0.1) is 11.8 Å². The summed E-state index contributed by atoms with van der Waals surface area (Å²) in [5, 5.41) is 10.4. The molecule has 0 spiro atoms. The standard InChI is InChI=1S/C8H16O2/c1-4-5-7(6(2)3)8(9)10/h6-7H,4-5H2,1-3H3,(H,9,10)/p-1. The van der Waals surface area contributed by atoms with Gasteiger partial charge in [-0.1, -0.05) is 27.2 Å². The number of rotatable bonds is 4. The van der Waals surface area contributed by atoms with Crippen LogP contribution in [0.5, 0.6) is 0 Å². The van der Waals surface area contributed by atoms with Crippen LogP contribution >= 0.6 is 0 Å². The summed E-state index contributed by atoms with van der Waals surface area (Å²) in [5.74, 6) is -0.966. The van der Waals surface area contributed by atoms with E-state index < -0.39 is 5.97 Å². The zero-order valence-electron chi connectivity index (χ0n) is 6.89. The zero-order valence-corrected chi connectivity index (χ0v) is 6.89. The first-order chi connectivity index (χ1) is 4.59. The zero-order chi connectivity index (χ0) is 8.15. The van der Waals surface area contributed by atoms with Gasteiger partial charge < -0.3 is 9.90 Å². The van der Waals surface area contributed by atoms with Crippen LogP contribution < -0.4 is 5.11 Å². The Morgan fingerprint density at radius 3 is 2.10 bits per heavy atom. The molecule has 0 aromatic rings. The molecule has 0 aliphatic rings. The normalized spacial score (nSPS) is 13.6. The molecule has 0 fully saturated rings. The van der Waals surface area contributed by atoms with E-state index in [0.717, 1.165) is 12.8 Å². The first-order valence-corrected chi connectivity index (χ1v) is 3.80. The third-order valence-corrected chi connectivity index (χ3v) is 1.71. The van der Waals surface area contributed by atoms with Crippen LogP contribution in [-0.4, -0.2) is 5.97 Å². The summed E-state index contributed by atoms with van der Waals surface area (Å²) >= 11 is 0. The molecule has 2 nitrogen and oxygen atoms in total. The lowest BCUT2D eigenvalue weighted by molar-refractivity contribution is -0.313. The summed E-state index contributed by atoms with van der Waals surface area (Å²) in [6, 6.07) is 0. The Bertz CT molecular complexity index is 108.